The van der Waals surface area contributed by atoms with Gasteiger partial charge in [-0.3, -0.25) is 0 Å². The number of hydrogen-bond acceptors (Lipinski definition) is 2. The summed E-state index contributed by atoms with van der Waals surface area (Å²) in [7, 11) is 5.67. The molecular formula is C12H7BS2. The Morgan fingerprint density at radius 1 is 0.933 bits per heavy atom. The fraction of sp³-hybridized carbons (Fsp3) is 0. The van der Waals surface area contributed by atoms with E-state index >= 15 is 0 Å². The quantitative estimate of drug-likeness (QED) is 0.557. The van der Waals surface area contributed by atoms with Crippen molar-refractivity contribution < 1.29 is 0 Å². The monoisotopic (exact) mass is 226 g/mol. The van der Waals surface area contributed by atoms with Gasteiger partial charge in [-0.15, -0.1) is 22.7 Å². The second-order valence-electron chi connectivity index (χ2n) is 3.38. The second kappa shape index (κ2) is 3.51. The molecule has 0 aliphatic carbocycles. The molecule has 0 aliphatic rings. The van der Waals surface area contributed by atoms with E-state index in [4.69, 9.17) is 7.85 Å². The van der Waals surface area contributed by atoms with Gasteiger partial charge in [0.05, 0.1) is 0 Å². The molecule has 0 fully saturated rings. The van der Waals surface area contributed by atoms with E-state index in [0.29, 0.717) is 0 Å². The van der Waals surface area contributed by atoms with E-state index < -0.39 is 0 Å². The minimum absolute atomic E-state index is 0.817. The third-order valence-corrected chi connectivity index (χ3v) is 4.48. The Morgan fingerprint density at radius 2 is 1.73 bits per heavy atom. The van der Waals surface area contributed by atoms with Crippen molar-refractivity contribution in [1.82, 2.24) is 0 Å². The lowest BCUT2D eigenvalue weighted by atomic mass is 9.95. The Hall–Kier alpha value is -1.06. The van der Waals surface area contributed by atoms with Crippen LogP contribution in [-0.2, 0) is 0 Å². The van der Waals surface area contributed by atoms with Crippen LogP contribution in [0.15, 0.2) is 41.8 Å². The van der Waals surface area contributed by atoms with E-state index in [2.05, 4.69) is 29.6 Å². The van der Waals surface area contributed by atoms with E-state index in [1.807, 2.05) is 23.5 Å². The molecule has 3 heteroatoms. The summed E-state index contributed by atoms with van der Waals surface area (Å²) in [6.45, 7) is 0. The highest BCUT2D eigenvalue weighted by atomic mass is 32.1. The molecule has 2 heterocycles. The summed E-state index contributed by atoms with van der Waals surface area (Å²) in [6, 6.07) is 12.5. The Morgan fingerprint density at radius 3 is 2.47 bits per heavy atom. The molecule has 0 saturated carbocycles. The van der Waals surface area contributed by atoms with Crippen LogP contribution < -0.4 is 5.46 Å². The lowest BCUT2D eigenvalue weighted by molar-refractivity contribution is 1.75. The van der Waals surface area contributed by atoms with Crippen LogP contribution >= 0.6 is 22.7 Å². The Balaban J connectivity index is 2.13. The van der Waals surface area contributed by atoms with Gasteiger partial charge in [-0.05, 0) is 23.1 Å². The topological polar surface area (TPSA) is 0 Å². The van der Waals surface area contributed by atoms with Crippen LogP contribution in [0.1, 0.15) is 0 Å². The number of fused-ring (bicyclic) bond motifs is 1. The molecule has 2 aromatic heterocycles. The number of rotatable bonds is 1. The van der Waals surface area contributed by atoms with Gasteiger partial charge in [0.15, 0.2) is 0 Å². The second-order valence-corrected chi connectivity index (χ2v) is 5.41. The van der Waals surface area contributed by atoms with Crippen LogP contribution in [0.3, 0.4) is 0 Å². The van der Waals surface area contributed by atoms with Gasteiger partial charge >= 0.3 is 0 Å². The average molecular weight is 226 g/mol. The van der Waals surface area contributed by atoms with Gasteiger partial charge in [0.2, 0.25) is 0 Å². The minimum atomic E-state index is 0.817. The molecule has 0 N–H and O–H groups in total. The predicted molar refractivity (Wildman–Crippen MR) is 70.5 cm³/mol. The molecule has 0 bridgehead atoms. The van der Waals surface area contributed by atoms with E-state index in [-0.39, 0.29) is 0 Å². The summed E-state index contributed by atoms with van der Waals surface area (Å²) in [5, 5.41) is 2.13. The zero-order valence-electron chi connectivity index (χ0n) is 7.94. The average Bonchev–Trinajstić information content (AvgIpc) is 2.78. The van der Waals surface area contributed by atoms with E-state index in [9.17, 15) is 0 Å². The Kier molecular flexibility index (Phi) is 2.15. The molecule has 1 aromatic carbocycles. The fourth-order valence-corrected chi connectivity index (χ4v) is 3.67. The SMILES string of the molecule is [B]c1ccc(-c2cc3sccc3s2)cc1. The zero-order chi connectivity index (χ0) is 10.3. The van der Waals surface area contributed by atoms with Crippen LogP contribution in [-0.4, -0.2) is 7.85 Å². The molecule has 2 radical (unpaired) electrons. The highest BCUT2D eigenvalue weighted by Gasteiger charge is 2.04. The molecule has 15 heavy (non-hydrogen) atoms. The van der Waals surface area contributed by atoms with Gasteiger partial charge in [0.25, 0.3) is 0 Å². The van der Waals surface area contributed by atoms with Crippen LogP contribution in [0.2, 0.25) is 0 Å². The summed E-state index contributed by atoms with van der Waals surface area (Å²) in [4.78, 5) is 1.32. The molecule has 3 rings (SSSR count). The zero-order valence-corrected chi connectivity index (χ0v) is 9.57. The minimum Gasteiger partial charge on any atom is -0.143 e. The maximum atomic E-state index is 5.67. The van der Waals surface area contributed by atoms with Crippen LogP contribution in [0, 0.1) is 0 Å². The van der Waals surface area contributed by atoms with E-state index in [1.54, 1.807) is 11.3 Å². The van der Waals surface area contributed by atoms with Crippen molar-refractivity contribution in [2.75, 3.05) is 0 Å². The molecule has 0 atom stereocenters. The number of benzene rings is 1. The first-order valence-corrected chi connectivity index (χ1v) is 6.35. The van der Waals surface area contributed by atoms with E-state index in [0.717, 1.165) is 5.46 Å². The molecule has 70 valence electrons. The van der Waals surface area contributed by atoms with Gasteiger partial charge in [-0.2, -0.15) is 0 Å². The fourth-order valence-electron chi connectivity index (χ4n) is 1.56. The Bertz CT molecular complexity index is 561. The standard InChI is InChI=1S/C12H7BS2/c13-9-3-1-8(2-4-9)11-7-12-10(15-11)5-6-14-12/h1-7H. The molecule has 0 spiro atoms. The molecule has 0 amide bonds. The first kappa shape index (κ1) is 9.19. The first-order valence-electron chi connectivity index (χ1n) is 4.66. The molecule has 0 aliphatic heterocycles. The van der Waals surface area contributed by atoms with Crippen LogP contribution in [0.4, 0.5) is 0 Å². The van der Waals surface area contributed by atoms with Gasteiger partial charge in [0, 0.05) is 14.3 Å². The molecule has 0 saturated heterocycles. The van der Waals surface area contributed by atoms with Crippen molar-refractivity contribution in [1.29, 1.82) is 0 Å². The Labute approximate surface area is 97.6 Å². The highest BCUT2D eigenvalue weighted by molar-refractivity contribution is 7.28. The summed E-state index contributed by atoms with van der Waals surface area (Å²) >= 11 is 3.62. The number of hydrogen-bond donors (Lipinski definition) is 0. The van der Waals surface area contributed by atoms with Gasteiger partial charge in [0.1, 0.15) is 7.85 Å². The smallest absolute Gasteiger partial charge is 0.113 e. The van der Waals surface area contributed by atoms with Gasteiger partial charge < -0.3 is 0 Å². The van der Waals surface area contributed by atoms with Crippen molar-refractivity contribution in [3.63, 3.8) is 0 Å². The third-order valence-electron chi connectivity index (χ3n) is 2.33. The lowest BCUT2D eigenvalue weighted by Crippen LogP contribution is -1.98. The van der Waals surface area contributed by atoms with E-state index in [1.165, 1.54) is 19.8 Å². The predicted octanol–water partition coefficient (Wildman–Crippen LogP) is 3.42. The lowest BCUT2D eigenvalue weighted by Gasteiger charge is -1.97. The largest absolute Gasteiger partial charge is 0.143 e. The maximum Gasteiger partial charge on any atom is 0.113 e. The molecule has 0 nitrogen and oxygen atoms in total. The van der Waals surface area contributed by atoms with Crippen molar-refractivity contribution in [2.24, 2.45) is 0 Å². The maximum absolute atomic E-state index is 5.67. The molecule has 3 aromatic rings. The van der Waals surface area contributed by atoms with Crippen molar-refractivity contribution in [2.45, 2.75) is 0 Å². The van der Waals surface area contributed by atoms with Gasteiger partial charge in [-0.25, -0.2) is 0 Å². The summed E-state index contributed by atoms with van der Waals surface area (Å²) in [5.41, 5.74) is 2.06. The van der Waals surface area contributed by atoms with Gasteiger partial charge in [-0.1, -0.05) is 29.7 Å². The number of thiophene rings is 2. The van der Waals surface area contributed by atoms with Crippen molar-refractivity contribution in [3.05, 3.63) is 41.8 Å². The highest BCUT2D eigenvalue weighted by Crippen LogP contribution is 2.35. The van der Waals surface area contributed by atoms with Crippen LogP contribution in [0.25, 0.3) is 19.8 Å². The first-order chi connectivity index (χ1) is 7.33. The summed E-state index contributed by atoms with van der Waals surface area (Å²) in [5.74, 6) is 0. The normalized spacial score (nSPS) is 10.9. The summed E-state index contributed by atoms with van der Waals surface area (Å²) in [6.07, 6.45) is 0. The summed E-state index contributed by atoms with van der Waals surface area (Å²) < 4.78 is 2.73. The van der Waals surface area contributed by atoms with Crippen LogP contribution in [0.5, 0.6) is 0 Å². The van der Waals surface area contributed by atoms with Crippen molar-refractivity contribution >= 4 is 45.4 Å². The third kappa shape index (κ3) is 1.62. The molecule has 0 unspecified atom stereocenters. The molecular weight excluding hydrogens is 219 g/mol. The van der Waals surface area contributed by atoms with Crippen molar-refractivity contribution in [3.8, 4) is 10.4 Å².